The number of carbonyl (C=O) groups is 1. The highest BCUT2D eigenvalue weighted by Gasteiger charge is 2.21. The van der Waals surface area contributed by atoms with Crippen LogP contribution in [0.5, 0.6) is 0 Å². The summed E-state index contributed by atoms with van der Waals surface area (Å²) in [6.45, 7) is 2.03. The molecule has 2 aromatic rings. The normalized spacial score (nSPS) is 10.3. The van der Waals surface area contributed by atoms with Crippen LogP contribution in [0.25, 0.3) is 0 Å². The first-order valence-electron chi connectivity index (χ1n) is 6.76. The Morgan fingerprint density at radius 3 is 2.64 bits per heavy atom. The lowest BCUT2D eigenvalue weighted by Gasteiger charge is -2.08. The molecule has 0 aliphatic heterocycles. The third kappa shape index (κ3) is 3.71. The average Bonchev–Trinajstić information content (AvgIpc) is 2.48. The number of benzene rings is 2. The predicted molar refractivity (Wildman–Crippen MR) is 88.0 cm³/mol. The molecule has 0 spiro atoms. The van der Waals surface area contributed by atoms with E-state index in [9.17, 15) is 14.9 Å². The molecule has 0 aromatic heterocycles. The van der Waals surface area contributed by atoms with Gasteiger partial charge in [-0.15, -0.1) is 0 Å². The van der Waals surface area contributed by atoms with Crippen LogP contribution < -0.4 is 5.32 Å². The van der Waals surface area contributed by atoms with Crippen LogP contribution in [-0.2, 0) is 6.42 Å². The summed E-state index contributed by atoms with van der Waals surface area (Å²) in [4.78, 5) is 22.8. The van der Waals surface area contributed by atoms with Crippen LogP contribution in [0.1, 0.15) is 21.5 Å². The van der Waals surface area contributed by atoms with E-state index in [1.165, 1.54) is 6.07 Å². The molecule has 0 fully saturated rings. The number of para-hydroxylation sites is 1. The Morgan fingerprint density at radius 2 is 1.95 bits per heavy atom. The van der Waals surface area contributed by atoms with Crippen LogP contribution in [0.2, 0.25) is 0 Å². The lowest BCUT2D eigenvalue weighted by molar-refractivity contribution is -0.385. The standard InChI is InChI=1S/C16H15BrN2O3/c1-11-5-4-7-13(15(11)19(21)22)16(20)18-10-9-12-6-2-3-8-14(12)17/h2-8H,9-10H2,1H3,(H,18,20). The second-order valence-electron chi connectivity index (χ2n) is 4.83. The molecule has 0 heterocycles. The van der Waals surface area contributed by atoms with Crippen molar-refractivity contribution in [3.05, 3.63) is 73.7 Å². The molecule has 22 heavy (non-hydrogen) atoms. The van der Waals surface area contributed by atoms with Gasteiger partial charge in [0.15, 0.2) is 0 Å². The van der Waals surface area contributed by atoms with Gasteiger partial charge in [-0.3, -0.25) is 14.9 Å². The van der Waals surface area contributed by atoms with Crippen LogP contribution in [0.3, 0.4) is 0 Å². The fourth-order valence-electron chi connectivity index (χ4n) is 2.19. The number of halogens is 1. The zero-order chi connectivity index (χ0) is 16.1. The van der Waals surface area contributed by atoms with Crippen molar-refractivity contribution in [2.45, 2.75) is 13.3 Å². The topological polar surface area (TPSA) is 72.2 Å². The van der Waals surface area contributed by atoms with E-state index in [0.29, 0.717) is 18.5 Å². The maximum absolute atomic E-state index is 12.2. The van der Waals surface area contributed by atoms with E-state index in [4.69, 9.17) is 0 Å². The van der Waals surface area contributed by atoms with Gasteiger partial charge >= 0.3 is 0 Å². The maximum atomic E-state index is 12.2. The summed E-state index contributed by atoms with van der Waals surface area (Å²) in [5.74, 6) is -0.428. The summed E-state index contributed by atoms with van der Waals surface area (Å²) in [7, 11) is 0. The van der Waals surface area contributed by atoms with Crippen LogP contribution in [-0.4, -0.2) is 17.4 Å². The van der Waals surface area contributed by atoms with Crippen molar-refractivity contribution in [2.24, 2.45) is 0 Å². The molecule has 5 nitrogen and oxygen atoms in total. The Hall–Kier alpha value is -2.21. The van der Waals surface area contributed by atoms with Crippen molar-refractivity contribution in [3.8, 4) is 0 Å². The maximum Gasteiger partial charge on any atom is 0.285 e. The predicted octanol–water partition coefficient (Wildman–Crippen LogP) is 3.64. The van der Waals surface area contributed by atoms with E-state index < -0.39 is 10.8 Å². The van der Waals surface area contributed by atoms with Crippen molar-refractivity contribution in [1.82, 2.24) is 5.32 Å². The number of amides is 1. The first-order valence-corrected chi connectivity index (χ1v) is 7.55. The summed E-state index contributed by atoms with van der Waals surface area (Å²) in [5.41, 5.74) is 1.50. The van der Waals surface area contributed by atoms with Gasteiger partial charge in [0.2, 0.25) is 0 Å². The van der Waals surface area contributed by atoms with E-state index in [-0.39, 0.29) is 11.3 Å². The molecular formula is C16H15BrN2O3. The van der Waals surface area contributed by atoms with Gasteiger partial charge in [-0.1, -0.05) is 46.3 Å². The first-order chi connectivity index (χ1) is 10.5. The number of carbonyl (C=O) groups excluding carboxylic acids is 1. The van der Waals surface area contributed by atoms with E-state index in [1.807, 2.05) is 24.3 Å². The number of nitro benzene ring substituents is 1. The highest BCUT2D eigenvalue weighted by Crippen LogP contribution is 2.23. The number of nitro groups is 1. The monoisotopic (exact) mass is 362 g/mol. The molecule has 6 heteroatoms. The summed E-state index contributed by atoms with van der Waals surface area (Å²) < 4.78 is 0.978. The van der Waals surface area contributed by atoms with Gasteiger partial charge in [-0.2, -0.15) is 0 Å². The van der Waals surface area contributed by atoms with Crippen LogP contribution in [0, 0.1) is 17.0 Å². The molecule has 0 radical (unpaired) electrons. The highest BCUT2D eigenvalue weighted by molar-refractivity contribution is 9.10. The van der Waals surface area contributed by atoms with Gasteiger partial charge in [0.05, 0.1) is 4.92 Å². The van der Waals surface area contributed by atoms with Crippen molar-refractivity contribution in [1.29, 1.82) is 0 Å². The third-order valence-corrected chi connectivity index (χ3v) is 4.08. The van der Waals surface area contributed by atoms with Gasteiger partial charge in [-0.05, 0) is 31.0 Å². The van der Waals surface area contributed by atoms with E-state index >= 15 is 0 Å². The number of nitrogens with zero attached hydrogens (tertiary/aromatic N) is 1. The second kappa shape index (κ2) is 7.17. The fraction of sp³-hybridized carbons (Fsp3) is 0.188. The molecule has 0 aliphatic carbocycles. The zero-order valence-electron chi connectivity index (χ0n) is 12.0. The molecule has 0 unspecified atom stereocenters. The summed E-state index contributed by atoms with van der Waals surface area (Å²) in [6, 6.07) is 12.5. The van der Waals surface area contributed by atoms with Gasteiger partial charge in [0.1, 0.15) is 5.56 Å². The smallest absolute Gasteiger partial charge is 0.285 e. The van der Waals surface area contributed by atoms with E-state index in [2.05, 4.69) is 21.2 Å². The Kier molecular flexibility index (Phi) is 5.27. The van der Waals surface area contributed by atoms with E-state index in [0.717, 1.165) is 10.0 Å². The number of hydrogen-bond acceptors (Lipinski definition) is 3. The quantitative estimate of drug-likeness (QED) is 0.651. The molecule has 2 aromatic carbocycles. The number of nitrogens with one attached hydrogen (secondary N) is 1. The SMILES string of the molecule is Cc1cccc(C(=O)NCCc2ccccc2Br)c1[N+](=O)[O-]. The van der Waals surface area contributed by atoms with Crippen molar-refractivity contribution >= 4 is 27.5 Å². The average molecular weight is 363 g/mol. The Labute approximate surface area is 136 Å². The molecule has 1 N–H and O–H groups in total. The van der Waals surface area contributed by atoms with E-state index in [1.54, 1.807) is 19.1 Å². The van der Waals surface area contributed by atoms with Crippen LogP contribution in [0.4, 0.5) is 5.69 Å². The second-order valence-corrected chi connectivity index (χ2v) is 5.68. The fourth-order valence-corrected chi connectivity index (χ4v) is 2.67. The van der Waals surface area contributed by atoms with Gasteiger partial charge in [0.25, 0.3) is 11.6 Å². The minimum Gasteiger partial charge on any atom is -0.351 e. The molecule has 1 amide bonds. The van der Waals surface area contributed by atoms with Crippen molar-refractivity contribution in [2.75, 3.05) is 6.54 Å². The minimum atomic E-state index is -0.516. The Balaban J connectivity index is 2.06. The molecular weight excluding hydrogens is 348 g/mol. The lowest BCUT2D eigenvalue weighted by atomic mass is 10.1. The largest absolute Gasteiger partial charge is 0.351 e. The molecule has 0 saturated heterocycles. The molecule has 114 valence electrons. The summed E-state index contributed by atoms with van der Waals surface area (Å²) in [6.07, 6.45) is 0.646. The molecule has 0 aliphatic rings. The van der Waals surface area contributed by atoms with Gasteiger partial charge in [-0.25, -0.2) is 0 Å². The van der Waals surface area contributed by atoms with Crippen LogP contribution >= 0.6 is 15.9 Å². The Bertz CT molecular complexity index is 716. The molecule has 0 atom stereocenters. The summed E-state index contributed by atoms with van der Waals surface area (Å²) >= 11 is 3.45. The first kappa shape index (κ1) is 16.2. The summed E-state index contributed by atoms with van der Waals surface area (Å²) in [5, 5.41) is 13.8. The highest BCUT2D eigenvalue weighted by atomic mass is 79.9. The minimum absolute atomic E-state index is 0.0946. The van der Waals surface area contributed by atoms with Gasteiger partial charge < -0.3 is 5.32 Å². The molecule has 2 rings (SSSR count). The number of rotatable bonds is 5. The molecule has 0 saturated carbocycles. The third-order valence-electron chi connectivity index (χ3n) is 3.30. The van der Waals surface area contributed by atoms with Crippen LogP contribution in [0.15, 0.2) is 46.9 Å². The number of aryl methyl sites for hydroxylation is 1. The Morgan fingerprint density at radius 1 is 1.23 bits per heavy atom. The van der Waals surface area contributed by atoms with Gasteiger partial charge in [0, 0.05) is 16.6 Å². The lowest BCUT2D eigenvalue weighted by Crippen LogP contribution is -2.26. The van der Waals surface area contributed by atoms with Crippen molar-refractivity contribution in [3.63, 3.8) is 0 Å². The van der Waals surface area contributed by atoms with Crippen molar-refractivity contribution < 1.29 is 9.72 Å². The zero-order valence-corrected chi connectivity index (χ0v) is 13.6. The molecule has 0 bridgehead atoms. The number of hydrogen-bond donors (Lipinski definition) is 1.